The van der Waals surface area contributed by atoms with Crippen LogP contribution in [0.4, 0.5) is 5.95 Å². The number of anilines is 1. The lowest BCUT2D eigenvalue weighted by Crippen LogP contribution is -2.18. The van der Waals surface area contributed by atoms with Gasteiger partial charge in [0.05, 0.1) is 23.3 Å². The van der Waals surface area contributed by atoms with Crippen LogP contribution in [0.5, 0.6) is 5.75 Å². The Kier molecular flexibility index (Phi) is 5.01. The SMILES string of the molecule is COCOc1ccc(Cn2c(N)nc3ccccc32)cc1-c1ccc(=O)n(C)n1. The molecule has 0 unspecified atom stereocenters. The topological polar surface area (TPSA) is 97.2 Å². The minimum Gasteiger partial charge on any atom is -0.467 e. The van der Waals surface area contributed by atoms with E-state index in [0.717, 1.165) is 22.2 Å². The van der Waals surface area contributed by atoms with Gasteiger partial charge in [0.1, 0.15) is 5.75 Å². The minimum atomic E-state index is -0.179. The molecule has 0 saturated heterocycles. The summed E-state index contributed by atoms with van der Waals surface area (Å²) in [6.07, 6.45) is 0. The molecular formula is C21H21N5O3. The van der Waals surface area contributed by atoms with E-state index in [1.165, 1.54) is 10.7 Å². The van der Waals surface area contributed by atoms with Gasteiger partial charge in [-0.2, -0.15) is 5.10 Å². The molecule has 0 radical (unpaired) electrons. The molecular weight excluding hydrogens is 370 g/mol. The number of hydrogen-bond acceptors (Lipinski definition) is 6. The monoisotopic (exact) mass is 391 g/mol. The molecule has 4 rings (SSSR count). The second kappa shape index (κ2) is 7.76. The fourth-order valence-electron chi connectivity index (χ4n) is 3.21. The lowest BCUT2D eigenvalue weighted by molar-refractivity contribution is 0.0515. The fraction of sp³-hybridized carbons (Fsp3) is 0.190. The Hall–Kier alpha value is -3.65. The fourth-order valence-corrected chi connectivity index (χ4v) is 3.21. The number of aryl methyl sites for hydroxylation is 1. The van der Waals surface area contributed by atoms with Gasteiger partial charge in [-0.15, -0.1) is 0 Å². The van der Waals surface area contributed by atoms with Crippen LogP contribution < -0.4 is 16.0 Å². The third-order valence-electron chi connectivity index (χ3n) is 4.64. The number of hydrogen-bond donors (Lipinski definition) is 1. The molecule has 29 heavy (non-hydrogen) atoms. The highest BCUT2D eigenvalue weighted by Crippen LogP contribution is 2.30. The molecule has 0 fully saturated rings. The number of ether oxygens (including phenoxy) is 2. The lowest BCUT2D eigenvalue weighted by atomic mass is 10.1. The Labute approximate surface area is 167 Å². The first-order chi connectivity index (χ1) is 14.1. The number of nitrogen functional groups attached to an aromatic ring is 1. The van der Waals surface area contributed by atoms with Crippen molar-refractivity contribution in [3.05, 3.63) is 70.5 Å². The smallest absolute Gasteiger partial charge is 0.266 e. The molecule has 2 aromatic heterocycles. The normalized spacial score (nSPS) is 11.1. The standard InChI is InChI=1S/C21H21N5O3/c1-25-20(27)10-8-16(24-25)15-11-14(7-9-19(15)29-13-28-2)12-26-18-6-4-3-5-17(18)23-21(26)22/h3-11H,12-13H2,1-2H3,(H2,22,23). The summed E-state index contributed by atoms with van der Waals surface area (Å²) in [4.78, 5) is 16.1. The van der Waals surface area contributed by atoms with Crippen LogP contribution in [0.25, 0.3) is 22.3 Å². The first kappa shape index (κ1) is 18.7. The summed E-state index contributed by atoms with van der Waals surface area (Å²) in [5.74, 6) is 1.07. The first-order valence-electron chi connectivity index (χ1n) is 9.07. The number of fused-ring (bicyclic) bond motifs is 1. The third-order valence-corrected chi connectivity index (χ3v) is 4.64. The van der Waals surface area contributed by atoms with Gasteiger partial charge in [0.15, 0.2) is 6.79 Å². The van der Waals surface area contributed by atoms with E-state index in [9.17, 15) is 4.79 Å². The van der Waals surface area contributed by atoms with E-state index in [1.54, 1.807) is 20.2 Å². The highest BCUT2D eigenvalue weighted by Gasteiger charge is 2.13. The summed E-state index contributed by atoms with van der Waals surface area (Å²) in [7, 11) is 3.18. The van der Waals surface area contributed by atoms with Crippen molar-refractivity contribution in [2.45, 2.75) is 6.54 Å². The van der Waals surface area contributed by atoms with Crippen molar-refractivity contribution in [3.63, 3.8) is 0 Å². The van der Waals surface area contributed by atoms with Crippen LogP contribution in [0.1, 0.15) is 5.56 Å². The number of imidazole rings is 1. The molecule has 0 aliphatic heterocycles. The maximum atomic E-state index is 11.7. The second-order valence-corrected chi connectivity index (χ2v) is 6.61. The summed E-state index contributed by atoms with van der Waals surface area (Å²) in [5.41, 5.74) is 10.2. The zero-order valence-corrected chi connectivity index (χ0v) is 16.2. The zero-order chi connectivity index (χ0) is 20.4. The molecule has 0 spiro atoms. The lowest BCUT2D eigenvalue weighted by Gasteiger charge is -2.14. The molecule has 4 aromatic rings. The molecule has 0 aliphatic rings. The minimum absolute atomic E-state index is 0.108. The first-order valence-corrected chi connectivity index (χ1v) is 9.07. The number of para-hydroxylation sites is 2. The van der Waals surface area contributed by atoms with Gasteiger partial charge < -0.3 is 19.8 Å². The third kappa shape index (κ3) is 3.70. The van der Waals surface area contributed by atoms with Crippen molar-refractivity contribution >= 4 is 17.0 Å². The van der Waals surface area contributed by atoms with Gasteiger partial charge in [-0.3, -0.25) is 4.79 Å². The van der Waals surface area contributed by atoms with Crippen molar-refractivity contribution in [2.24, 2.45) is 7.05 Å². The maximum Gasteiger partial charge on any atom is 0.266 e. The quantitative estimate of drug-likeness (QED) is 0.507. The van der Waals surface area contributed by atoms with E-state index in [1.807, 2.05) is 47.0 Å². The number of aromatic nitrogens is 4. The molecule has 0 atom stereocenters. The van der Waals surface area contributed by atoms with E-state index in [-0.39, 0.29) is 12.4 Å². The zero-order valence-electron chi connectivity index (χ0n) is 16.2. The van der Waals surface area contributed by atoms with E-state index < -0.39 is 0 Å². The van der Waals surface area contributed by atoms with Crippen molar-refractivity contribution in [1.29, 1.82) is 0 Å². The van der Waals surface area contributed by atoms with E-state index in [2.05, 4.69) is 10.1 Å². The average molecular weight is 391 g/mol. The van der Waals surface area contributed by atoms with Gasteiger partial charge in [-0.25, -0.2) is 9.67 Å². The average Bonchev–Trinajstić information content (AvgIpc) is 3.04. The van der Waals surface area contributed by atoms with Crippen LogP contribution in [0, 0.1) is 0 Å². The Morgan fingerprint density at radius 2 is 1.93 bits per heavy atom. The number of nitrogens with zero attached hydrogens (tertiary/aromatic N) is 4. The van der Waals surface area contributed by atoms with Crippen molar-refractivity contribution in [3.8, 4) is 17.0 Å². The Balaban J connectivity index is 1.77. The van der Waals surface area contributed by atoms with Gasteiger partial charge in [0.25, 0.3) is 5.56 Å². The van der Waals surface area contributed by atoms with E-state index in [0.29, 0.717) is 23.9 Å². The van der Waals surface area contributed by atoms with Gasteiger partial charge in [0.2, 0.25) is 5.95 Å². The van der Waals surface area contributed by atoms with Crippen LogP contribution in [-0.4, -0.2) is 33.2 Å². The Morgan fingerprint density at radius 3 is 2.72 bits per heavy atom. The molecule has 2 aromatic carbocycles. The van der Waals surface area contributed by atoms with Crippen molar-refractivity contribution in [2.75, 3.05) is 19.6 Å². The Bertz CT molecular complexity index is 1230. The molecule has 0 aliphatic carbocycles. The number of nitrogens with two attached hydrogens (primary N) is 1. The van der Waals surface area contributed by atoms with Crippen molar-refractivity contribution in [1.82, 2.24) is 19.3 Å². The molecule has 0 bridgehead atoms. The molecule has 2 heterocycles. The van der Waals surface area contributed by atoms with Gasteiger partial charge in [0, 0.05) is 25.8 Å². The maximum absolute atomic E-state index is 11.7. The summed E-state index contributed by atoms with van der Waals surface area (Å²) in [5, 5.41) is 4.36. The predicted octanol–water partition coefficient (Wildman–Crippen LogP) is 2.41. The van der Waals surface area contributed by atoms with Crippen LogP contribution in [0.15, 0.2) is 59.4 Å². The number of rotatable bonds is 6. The molecule has 8 heteroatoms. The van der Waals surface area contributed by atoms with Gasteiger partial charge >= 0.3 is 0 Å². The largest absolute Gasteiger partial charge is 0.467 e. The molecule has 0 amide bonds. The van der Waals surface area contributed by atoms with Crippen LogP contribution in [0.2, 0.25) is 0 Å². The summed E-state index contributed by atoms with van der Waals surface area (Å²) in [6, 6.07) is 16.8. The molecule has 2 N–H and O–H groups in total. The van der Waals surface area contributed by atoms with Gasteiger partial charge in [-0.1, -0.05) is 18.2 Å². The van der Waals surface area contributed by atoms with Crippen molar-refractivity contribution < 1.29 is 9.47 Å². The molecule has 148 valence electrons. The van der Waals surface area contributed by atoms with Crippen LogP contribution in [-0.2, 0) is 18.3 Å². The molecule has 8 nitrogen and oxygen atoms in total. The predicted molar refractivity (Wildman–Crippen MR) is 111 cm³/mol. The van der Waals surface area contributed by atoms with Crippen LogP contribution in [0.3, 0.4) is 0 Å². The number of methoxy groups -OCH3 is 1. The number of benzene rings is 2. The second-order valence-electron chi connectivity index (χ2n) is 6.61. The highest BCUT2D eigenvalue weighted by molar-refractivity contribution is 5.78. The van der Waals surface area contributed by atoms with E-state index in [4.69, 9.17) is 15.2 Å². The summed E-state index contributed by atoms with van der Waals surface area (Å²) < 4.78 is 14.0. The summed E-state index contributed by atoms with van der Waals surface area (Å²) in [6.45, 7) is 0.646. The van der Waals surface area contributed by atoms with Gasteiger partial charge in [-0.05, 0) is 35.9 Å². The van der Waals surface area contributed by atoms with Crippen LogP contribution >= 0.6 is 0 Å². The molecule has 0 saturated carbocycles. The van der Waals surface area contributed by atoms with E-state index >= 15 is 0 Å². The summed E-state index contributed by atoms with van der Waals surface area (Å²) >= 11 is 0. The highest BCUT2D eigenvalue weighted by atomic mass is 16.7. The Morgan fingerprint density at radius 1 is 1.10 bits per heavy atom.